The summed E-state index contributed by atoms with van der Waals surface area (Å²) in [5, 5.41) is 12.2. The van der Waals surface area contributed by atoms with Gasteiger partial charge in [0, 0.05) is 17.5 Å². The fraction of sp³-hybridized carbons (Fsp3) is 0.111. The van der Waals surface area contributed by atoms with Crippen molar-refractivity contribution in [1.29, 1.82) is 0 Å². The third-order valence-electron chi connectivity index (χ3n) is 3.69. The molecule has 0 aromatic heterocycles. The summed E-state index contributed by atoms with van der Waals surface area (Å²) >= 11 is 0. The molecule has 0 unspecified atom stereocenters. The molecule has 2 aromatic rings. The van der Waals surface area contributed by atoms with Crippen LogP contribution in [0.15, 0.2) is 59.7 Å². The van der Waals surface area contributed by atoms with Gasteiger partial charge < -0.3 is 16.2 Å². The van der Waals surface area contributed by atoms with Crippen LogP contribution >= 0.6 is 0 Å². The summed E-state index contributed by atoms with van der Waals surface area (Å²) in [4.78, 5) is 15.1. The number of nitrogens with two attached hydrogens (primary N) is 1. The molecule has 0 spiro atoms. The summed E-state index contributed by atoms with van der Waals surface area (Å²) in [7, 11) is 0. The maximum Gasteiger partial charge on any atom is 0.320 e. The van der Waals surface area contributed by atoms with Crippen molar-refractivity contribution in [3.8, 4) is 0 Å². The Morgan fingerprint density at radius 1 is 1.17 bits per heavy atom. The van der Waals surface area contributed by atoms with Crippen LogP contribution in [0.3, 0.4) is 0 Å². The SMILES string of the molecule is N[C@@H](Cc1ccc(C2=CN=Cc3ccccc3N2)cc1)C(=O)O. The van der Waals surface area contributed by atoms with Crippen LogP contribution in [0.5, 0.6) is 0 Å². The van der Waals surface area contributed by atoms with Crippen molar-refractivity contribution in [2.45, 2.75) is 12.5 Å². The first-order valence-electron chi connectivity index (χ1n) is 7.30. The predicted octanol–water partition coefficient (Wildman–Crippen LogP) is 2.48. The van der Waals surface area contributed by atoms with Crippen molar-refractivity contribution in [3.05, 3.63) is 71.4 Å². The van der Waals surface area contributed by atoms with Crippen LogP contribution in [-0.2, 0) is 11.2 Å². The van der Waals surface area contributed by atoms with E-state index in [1.165, 1.54) is 0 Å². The number of para-hydroxylation sites is 1. The Balaban J connectivity index is 1.79. The van der Waals surface area contributed by atoms with Crippen molar-refractivity contribution in [3.63, 3.8) is 0 Å². The monoisotopic (exact) mass is 307 g/mol. The molecular weight excluding hydrogens is 290 g/mol. The number of hydrogen-bond acceptors (Lipinski definition) is 4. The molecule has 1 aliphatic heterocycles. The van der Waals surface area contributed by atoms with E-state index in [9.17, 15) is 4.79 Å². The van der Waals surface area contributed by atoms with Crippen LogP contribution in [0.2, 0.25) is 0 Å². The number of carbonyl (C=O) groups is 1. The minimum Gasteiger partial charge on any atom is -0.480 e. The van der Waals surface area contributed by atoms with Crippen LogP contribution in [0.25, 0.3) is 5.70 Å². The van der Waals surface area contributed by atoms with Crippen molar-refractivity contribution < 1.29 is 9.90 Å². The number of anilines is 1. The fourth-order valence-electron chi connectivity index (χ4n) is 2.40. The van der Waals surface area contributed by atoms with Gasteiger partial charge in [0.2, 0.25) is 0 Å². The maximum atomic E-state index is 10.8. The Hall–Kier alpha value is -2.92. The standard InChI is InChI=1S/C18H17N3O2/c19-15(18(22)23)9-12-5-7-13(8-6-12)17-11-20-10-14-3-1-2-4-16(14)21-17/h1-8,10-11,15,21H,9,19H2,(H,22,23)/t15-/m0/s1. The fourth-order valence-corrected chi connectivity index (χ4v) is 2.40. The molecule has 0 fully saturated rings. The highest BCUT2D eigenvalue weighted by molar-refractivity contribution is 5.94. The Labute approximate surface area is 134 Å². The van der Waals surface area contributed by atoms with Gasteiger partial charge in [0.15, 0.2) is 0 Å². The topological polar surface area (TPSA) is 87.7 Å². The van der Waals surface area contributed by atoms with E-state index in [0.717, 1.165) is 28.1 Å². The molecule has 23 heavy (non-hydrogen) atoms. The Bertz CT molecular complexity index is 779. The Morgan fingerprint density at radius 3 is 2.65 bits per heavy atom. The Morgan fingerprint density at radius 2 is 1.91 bits per heavy atom. The molecule has 1 heterocycles. The first kappa shape index (κ1) is 15.0. The van der Waals surface area contributed by atoms with Gasteiger partial charge in [0.05, 0.1) is 11.9 Å². The van der Waals surface area contributed by atoms with Gasteiger partial charge in [-0.2, -0.15) is 0 Å². The zero-order chi connectivity index (χ0) is 16.2. The molecule has 1 aliphatic rings. The lowest BCUT2D eigenvalue weighted by Gasteiger charge is -2.12. The number of fused-ring (bicyclic) bond motifs is 1. The summed E-state index contributed by atoms with van der Waals surface area (Å²) < 4.78 is 0. The first-order chi connectivity index (χ1) is 11.1. The molecule has 4 N–H and O–H groups in total. The van der Waals surface area contributed by atoms with Gasteiger partial charge in [-0.25, -0.2) is 0 Å². The number of aliphatic carboxylic acids is 1. The number of benzene rings is 2. The second-order valence-corrected chi connectivity index (χ2v) is 5.38. The van der Waals surface area contributed by atoms with Crippen molar-refractivity contribution in [1.82, 2.24) is 0 Å². The van der Waals surface area contributed by atoms with E-state index in [-0.39, 0.29) is 0 Å². The molecule has 1 atom stereocenters. The molecule has 0 radical (unpaired) electrons. The minimum absolute atomic E-state index is 0.309. The molecule has 0 saturated carbocycles. The van der Waals surface area contributed by atoms with Crippen LogP contribution in [0, 0.1) is 0 Å². The second-order valence-electron chi connectivity index (χ2n) is 5.38. The molecule has 5 nitrogen and oxygen atoms in total. The summed E-state index contributed by atoms with van der Waals surface area (Å²) in [6.45, 7) is 0. The molecule has 0 aliphatic carbocycles. The van der Waals surface area contributed by atoms with Crippen molar-refractivity contribution in [2.24, 2.45) is 10.7 Å². The van der Waals surface area contributed by atoms with E-state index in [0.29, 0.717) is 6.42 Å². The molecular formula is C18H17N3O2. The third-order valence-corrected chi connectivity index (χ3v) is 3.69. The van der Waals surface area contributed by atoms with E-state index < -0.39 is 12.0 Å². The minimum atomic E-state index is -0.992. The smallest absolute Gasteiger partial charge is 0.320 e. The highest BCUT2D eigenvalue weighted by atomic mass is 16.4. The van der Waals surface area contributed by atoms with Gasteiger partial charge in [-0.3, -0.25) is 9.79 Å². The quantitative estimate of drug-likeness (QED) is 0.810. The molecule has 0 amide bonds. The average molecular weight is 307 g/mol. The van der Waals surface area contributed by atoms with Crippen molar-refractivity contribution >= 4 is 23.6 Å². The van der Waals surface area contributed by atoms with E-state index in [2.05, 4.69) is 10.3 Å². The number of nitrogens with one attached hydrogen (secondary N) is 1. The van der Waals surface area contributed by atoms with Crippen LogP contribution in [-0.4, -0.2) is 23.3 Å². The van der Waals surface area contributed by atoms with Crippen LogP contribution < -0.4 is 11.1 Å². The van der Waals surface area contributed by atoms with E-state index in [1.807, 2.05) is 54.7 Å². The Kier molecular flexibility index (Phi) is 4.21. The number of hydrogen-bond donors (Lipinski definition) is 3. The first-order valence-corrected chi connectivity index (χ1v) is 7.30. The van der Waals surface area contributed by atoms with Crippen LogP contribution in [0.1, 0.15) is 16.7 Å². The second kappa shape index (κ2) is 6.46. The number of aliphatic imine (C=N–C) groups is 1. The maximum absolute atomic E-state index is 10.8. The summed E-state index contributed by atoms with van der Waals surface area (Å²) in [5.74, 6) is -0.992. The lowest BCUT2D eigenvalue weighted by Crippen LogP contribution is -2.32. The molecule has 2 aromatic carbocycles. The van der Waals surface area contributed by atoms with E-state index in [1.54, 1.807) is 6.20 Å². The van der Waals surface area contributed by atoms with Gasteiger partial charge in [0.1, 0.15) is 6.04 Å². The number of carboxylic acid groups (broad SMARTS) is 1. The molecule has 3 rings (SSSR count). The van der Waals surface area contributed by atoms with Crippen molar-refractivity contribution in [2.75, 3.05) is 5.32 Å². The third kappa shape index (κ3) is 3.46. The average Bonchev–Trinajstić information content (AvgIpc) is 2.77. The normalized spacial score (nSPS) is 14.2. The van der Waals surface area contributed by atoms with E-state index >= 15 is 0 Å². The highest BCUT2D eigenvalue weighted by Gasteiger charge is 2.12. The summed E-state index contributed by atoms with van der Waals surface area (Å²) in [5.41, 5.74) is 10.3. The van der Waals surface area contributed by atoms with Gasteiger partial charge in [-0.15, -0.1) is 0 Å². The highest BCUT2D eigenvalue weighted by Crippen LogP contribution is 2.24. The lowest BCUT2D eigenvalue weighted by molar-refractivity contribution is -0.138. The lowest BCUT2D eigenvalue weighted by atomic mass is 10.0. The number of rotatable bonds is 4. The number of nitrogens with zero attached hydrogens (tertiary/aromatic N) is 1. The zero-order valence-corrected chi connectivity index (χ0v) is 12.4. The van der Waals surface area contributed by atoms with Gasteiger partial charge in [0.25, 0.3) is 0 Å². The molecule has 0 bridgehead atoms. The molecule has 0 saturated heterocycles. The van der Waals surface area contributed by atoms with Gasteiger partial charge in [-0.1, -0.05) is 42.5 Å². The number of carboxylic acids is 1. The van der Waals surface area contributed by atoms with E-state index in [4.69, 9.17) is 10.8 Å². The molecule has 5 heteroatoms. The molecule has 116 valence electrons. The summed E-state index contributed by atoms with van der Waals surface area (Å²) in [6, 6.07) is 14.7. The largest absolute Gasteiger partial charge is 0.480 e. The van der Waals surface area contributed by atoms with Gasteiger partial charge in [-0.05, 0) is 23.6 Å². The van der Waals surface area contributed by atoms with Crippen LogP contribution in [0.4, 0.5) is 5.69 Å². The zero-order valence-electron chi connectivity index (χ0n) is 12.4. The predicted molar refractivity (Wildman–Crippen MR) is 91.4 cm³/mol. The summed E-state index contributed by atoms with van der Waals surface area (Å²) in [6.07, 6.45) is 3.90. The van der Waals surface area contributed by atoms with Gasteiger partial charge >= 0.3 is 5.97 Å².